The van der Waals surface area contributed by atoms with Gasteiger partial charge in [-0.2, -0.15) is 0 Å². The Balaban J connectivity index is 2.10. The first kappa shape index (κ1) is 13.3. The summed E-state index contributed by atoms with van der Waals surface area (Å²) in [6.07, 6.45) is 6.14. The second kappa shape index (κ2) is 6.70. The number of aliphatic carboxylic acids is 1. The highest BCUT2D eigenvalue weighted by molar-refractivity contribution is 7.98. The highest BCUT2D eigenvalue weighted by Crippen LogP contribution is 2.21. The molecule has 0 atom stereocenters. The Morgan fingerprint density at radius 2 is 1.95 bits per heavy atom. The molecular weight excluding hydrogens is 260 g/mol. The van der Waals surface area contributed by atoms with Crippen LogP contribution >= 0.6 is 11.8 Å². The van der Waals surface area contributed by atoms with E-state index in [4.69, 9.17) is 5.11 Å². The van der Waals surface area contributed by atoms with Crippen LogP contribution in [0.2, 0.25) is 0 Å². The van der Waals surface area contributed by atoms with Gasteiger partial charge in [0, 0.05) is 24.2 Å². The molecule has 0 radical (unpaired) electrons. The molecule has 0 aliphatic carbocycles. The van der Waals surface area contributed by atoms with Crippen molar-refractivity contribution in [2.75, 3.05) is 0 Å². The van der Waals surface area contributed by atoms with Gasteiger partial charge in [0.15, 0.2) is 5.16 Å². The van der Waals surface area contributed by atoms with Crippen molar-refractivity contribution < 1.29 is 9.90 Å². The molecular formula is C14H12N2O2S. The zero-order valence-corrected chi connectivity index (χ0v) is 10.9. The Morgan fingerprint density at radius 3 is 2.68 bits per heavy atom. The molecule has 1 aromatic heterocycles. The average molecular weight is 272 g/mol. The smallest absolute Gasteiger partial charge is 0.328 e. The SMILES string of the molecule is O=C(O)C=Cc1ccccc1CSc1ncccn1. The zero-order valence-electron chi connectivity index (χ0n) is 10.1. The minimum absolute atomic E-state index is 0.699. The molecule has 2 aromatic rings. The van der Waals surface area contributed by atoms with Crippen LogP contribution < -0.4 is 0 Å². The van der Waals surface area contributed by atoms with E-state index in [1.54, 1.807) is 24.5 Å². The van der Waals surface area contributed by atoms with Gasteiger partial charge in [0.2, 0.25) is 0 Å². The van der Waals surface area contributed by atoms with Crippen molar-refractivity contribution in [1.82, 2.24) is 9.97 Å². The van der Waals surface area contributed by atoms with Crippen molar-refractivity contribution in [2.24, 2.45) is 0 Å². The van der Waals surface area contributed by atoms with Crippen LogP contribution in [0, 0.1) is 0 Å². The summed E-state index contributed by atoms with van der Waals surface area (Å²) >= 11 is 1.52. The molecule has 0 saturated heterocycles. The highest BCUT2D eigenvalue weighted by atomic mass is 32.2. The molecule has 0 fully saturated rings. The highest BCUT2D eigenvalue weighted by Gasteiger charge is 2.02. The fraction of sp³-hybridized carbons (Fsp3) is 0.0714. The van der Waals surface area contributed by atoms with Crippen LogP contribution in [0.3, 0.4) is 0 Å². The molecule has 96 valence electrons. The molecule has 0 bridgehead atoms. The summed E-state index contributed by atoms with van der Waals surface area (Å²) in [5.41, 5.74) is 1.95. The van der Waals surface area contributed by atoms with E-state index in [1.807, 2.05) is 24.3 Å². The summed E-state index contributed by atoms with van der Waals surface area (Å²) in [6.45, 7) is 0. The van der Waals surface area contributed by atoms with E-state index in [1.165, 1.54) is 11.8 Å². The van der Waals surface area contributed by atoms with E-state index in [0.29, 0.717) is 10.9 Å². The van der Waals surface area contributed by atoms with Crippen molar-refractivity contribution >= 4 is 23.8 Å². The first-order valence-corrected chi connectivity index (χ1v) is 6.63. The quantitative estimate of drug-likeness (QED) is 0.515. The maximum absolute atomic E-state index is 10.6. The van der Waals surface area contributed by atoms with Crippen LogP contribution in [-0.2, 0) is 10.5 Å². The lowest BCUT2D eigenvalue weighted by atomic mass is 10.1. The summed E-state index contributed by atoms with van der Waals surface area (Å²) in [5.74, 6) is -0.252. The molecule has 0 spiro atoms. The summed E-state index contributed by atoms with van der Waals surface area (Å²) in [5, 5.41) is 9.37. The van der Waals surface area contributed by atoms with Crippen molar-refractivity contribution in [2.45, 2.75) is 10.9 Å². The van der Waals surface area contributed by atoms with Gasteiger partial charge in [-0.25, -0.2) is 14.8 Å². The molecule has 0 unspecified atom stereocenters. The molecule has 0 amide bonds. The minimum Gasteiger partial charge on any atom is -0.478 e. The fourth-order valence-electron chi connectivity index (χ4n) is 1.49. The average Bonchev–Trinajstić information content (AvgIpc) is 2.45. The van der Waals surface area contributed by atoms with Gasteiger partial charge >= 0.3 is 5.97 Å². The molecule has 5 heteroatoms. The summed E-state index contributed by atoms with van der Waals surface area (Å²) in [7, 11) is 0. The van der Waals surface area contributed by atoms with Crippen molar-refractivity contribution in [1.29, 1.82) is 0 Å². The lowest BCUT2D eigenvalue weighted by Gasteiger charge is -2.04. The molecule has 0 saturated carbocycles. The number of carboxylic acid groups (broad SMARTS) is 1. The number of benzene rings is 1. The molecule has 1 N–H and O–H groups in total. The number of thioether (sulfide) groups is 1. The minimum atomic E-state index is -0.950. The third kappa shape index (κ3) is 4.22. The molecule has 0 aliphatic heterocycles. The number of nitrogens with zero attached hydrogens (tertiary/aromatic N) is 2. The number of hydrogen-bond donors (Lipinski definition) is 1. The van der Waals surface area contributed by atoms with Gasteiger partial charge in [0.25, 0.3) is 0 Å². The van der Waals surface area contributed by atoms with Gasteiger partial charge < -0.3 is 5.11 Å². The van der Waals surface area contributed by atoms with Gasteiger partial charge in [-0.05, 0) is 23.3 Å². The summed E-state index contributed by atoms with van der Waals surface area (Å²) < 4.78 is 0. The van der Waals surface area contributed by atoms with Crippen LogP contribution in [0.5, 0.6) is 0 Å². The van der Waals surface area contributed by atoms with E-state index in [9.17, 15) is 4.79 Å². The Hall–Kier alpha value is -2.14. The van der Waals surface area contributed by atoms with E-state index >= 15 is 0 Å². The van der Waals surface area contributed by atoms with Crippen LogP contribution in [0.25, 0.3) is 6.08 Å². The van der Waals surface area contributed by atoms with Gasteiger partial charge in [0.05, 0.1) is 0 Å². The largest absolute Gasteiger partial charge is 0.478 e. The predicted molar refractivity (Wildman–Crippen MR) is 74.7 cm³/mol. The third-order valence-corrected chi connectivity index (χ3v) is 3.28. The normalized spacial score (nSPS) is 10.7. The van der Waals surface area contributed by atoms with Gasteiger partial charge in [-0.1, -0.05) is 36.0 Å². The Labute approximate surface area is 115 Å². The number of carboxylic acids is 1. The Kier molecular flexibility index (Phi) is 4.69. The number of hydrogen-bond acceptors (Lipinski definition) is 4. The van der Waals surface area contributed by atoms with Crippen LogP contribution in [0.4, 0.5) is 0 Å². The maximum Gasteiger partial charge on any atom is 0.328 e. The molecule has 4 nitrogen and oxygen atoms in total. The second-order valence-electron chi connectivity index (χ2n) is 3.69. The monoisotopic (exact) mass is 272 g/mol. The summed E-state index contributed by atoms with van der Waals surface area (Å²) in [4.78, 5) is 18.8. The fourth-order valence-corrected chi connectivity index (χ4v) is 2.31. The second-order valence-corrected chi connectivity index (χ2v) is 4.63. The van der Waals surface area contributed by atoms with Crippen LogP contribution in [0.1, 0.15) is 11.1 Å². The maximum atomic E-state index is 10.6. The topological polar surface area (TPSA) is 63.1 Å². The number of carbonyl (C=O) groups is 1. The standard InChI is InChI=1S/C14H12N2O2S/c17-13(18)7-6-11-4-1-2-5-12(11)10-19-14-15-8-3-9-16-14/h1-9H,10H2,(H,17,18). The van der Waals surface area contributed by atoms with Gasteiger partial charge in [-0.3, -0.25) is 0 Å². The molecule has 19 heavy (non-hydrogen) atoms. The van der Waals surface area contributed by atoms with Crippen molar-refractivity contribution in [3.63, 3.8) is 0 Å². The number of aromatic nitrogens is 2. The molecule has 1 aromatic carbocycles. The van der Waals surface area contributed by atoms with E-state index in [0.717, 1.165) is 17.2 Å². The van der Waals surface area contributed by atoms with Crippen molar-refractivity contribution in [3.8, 4) is 0 Å². The first-order valence-electron chi connectivity index (χ1n) is 5.64. The van der Waals surface area contributed by atoms with Crippen LogP contribution in [-0.4, -0.2) is 21.0 Å². The lowest BCUT2D eigenvalue weighted by molar-refractivity contribution is -0.131. The van der Waals surface area contributed by atoms with E-state index < -0.39 is 5.97 Å². The van der Waals surface area contributed by atoms with E-state index in [-0.39, 0.29) is 0 Å². The number of rotatable bonds is 5. The predicted octanol–water partition coefficient (Wildman–Crippen LogP) is 2.87. The van der Waals surface area contributed by atoms with Gasteiger partial charge in [0.1, 0.15) is 0 Å². The zero-order chi connectivity index (χ0) is 13.5. The first-order chi connectivity index (χ1) is 9.25. The summed E-state index contributed by atoms with van der Waals surface area (Å²) in [6, 6.07) is 9.45. The third-order valence-electron chi connectivity index (χ3n) is 2.36. The Bertz CT molecular complexity index is 585. The molecule has 2 rings (SSSR count). The van der Waals surface area contributed by atoms with Crippen LogP contribution in [0.15, 0.2) is 54.0 Å². The molecule has 1 heterocycles. The molecule has 0 aliphatic rings. The van der Waals surface area contributed by atoms with Crippen molar-refractivity contribution in [3.05, 3.63) is 59.9 Å². The van der Waals surface area contributed by atoms with E-state index in [2.05, 4.69) is 9.97 Å². The van der Waals surface area contributed by atoms with Gasteiger partial charge in [-0.15, -0.1) is 0 Å². The lowest BCUT2D eigenvalue weighted by Crippen LogP contribution is -1.90. The Morgan fingerprint density at radius 1 is 1.21 bits per heavy atom.